The lowest BCUT2D eigenvalue weighted by atomic mass is 10.1. The van der Waals surface area contributed by atoms with Crippen LogP contribution in [0.2, 0.25) is 5.02 Å². The Labute approximate surface area is 184 Å². The van der Waals surface area contributed by atoms with E-state index in [4.69, 9.17) is 11.6 Å². The second-order valence-corrected chi connectivity index (χ2v) is 8.48. The molecule has 0 radical (unpaired) electrons. The van der Waals surface area contributed by atoms with Crippen LogP contribution in [0.15, 0.2) is 73.1 Å². The first kappa shape index (κ1) is 20.4. The fraction of sp³-hybridized carbons (Fsp3) is 0.174. The number of benzene rings is 2. The first-order chi connectivity index (χ1) is 14.6. The van der Waals surface area contributed by atoms with E-state index in [-0.39, 0.29) is 17.2 Å². The Balaban J connectivity index is 1.42. The lowest BCUT2D eigenvalue weighted by Gasteiger charge is -2.24. The topological polar surface area (TPSA) is 62.3 Å². The number of hydrogen-bond donors (Lipinski definition) is 1. The van der Waals surface area contributed by atoms with Gasteiger partial charge in [0.25, 0.3) is 5.91 Å². The summed E-state index contributed by atoms with van der Waals surface area (Å²) in [7, 11) is 0. The summed E-state index contributed by atoms with van der Waals surface area (Å²) in [6.45, 7) is 0.979. The van der Waals surface area contributed by atoms with Crippen molar-refractivity contribution in [2.75, 3.05) is 5.75 Å². The fourth-order valence-electron chi connectivity index (χ4n) is 3.27. The van der Waals surface area contributed by atoms with Crippen LogP contribution < -0.4 is 5.32 Å². The molecule has 0 saturated carbocycles. The number of carbonyl (C=O) groups is 2. The van der Waals surface area contributed by atoms with Crippen molar-refractivity contribution < 1.29 is 9.59 Å². The van der Waals surface area contributed by atoms with E-state index in [9.17, 15) is 9.59 Å². The Morgan fingerprint density at radius 2 is 1.73 bits per heavy atom. The molecule has 0 unspecified atom stereocenters. The number of aromatic nitrogens is 1. The van der Waals surface area contributed by atoms with Crippen molar-refractivity contribution in [3.63, 3.8) is 0 Å². The zero-order valence-corrected chi connectivity index (χ0v) is 17.7. The molecule has 0 spiro atoms. The third kappa shape index (κ3) is 4.83. The number of rotatable bonds is 6. The van der Waals surface area contributed by atoms with Gasteiger partial charge in [-0.1, -0.05) is 35.9 Å². The SMILES string of the molecule is O=C(NCc1ccncc1)c1ccc([C@@H]2SCC(=O)N2Cc2ccc(Cl)cc2)cc1. The van der Waals surface area contributed by atoms with Crippen molar-refractivity contribution in [1.29, 1.82) is 0 Å². The van der Waals surface area contributed by atoms with Crippen LogP contribution >= 0.6 is 23.4 Å². The zero-order chi connectivity index (χ0) is 20.9. The normalized spacial score (nSPS) is 16.0. The van der Waals surface area contributed by atoms with Gasteiger partial charge in [0.05, 0.1) is 5.75 Å². The molecule has 2 aromatic carbocycles. The number of halogens is 1. The van der Waals surface area contributed by atoms with Crippen molar-refractivity contribution in [2.24, 2.45) is 0 Å². The van der Waals surface area contributed by atoms with Crippen LogP contribution in [0.3, 0.4) is 0 Å². The summed E-state index contributed by atoms with van der Waals surface area (Å²) in [6.07, 6.45) is 3.40. The second-order valence-electron chi connectivity index (χ2n) is 6.97. The molecule has 1 N–H and O–H groups in total. The molecule has 30 heavy (non-hydrogen) atoms. The van der Waals surface area contributed by atoms with Crippen molar-refractivity contribution >= 4 is 35.2 Å². The molecule has 1 atom stereocenters. The molecule has 1 fully saturated rings. The minimum absolute atomic E-state index is 0.0675. The van der Waals surface area contributed by atoms with E-state index < -0.39 is 0 Å². The standard InChI is InChI=1S/C23H20ClN3O2S/c24-20-7-1-17(2-8-20)14-27-21(28)15-30-23(27)19-5-3-18(4-6-19)22(29)26-13-16-9-11-25-12-10-16/h1-12,23H,13-15H2,(H,26,29)/t23-/m0/s1. The molecule has 0 aliphatic carbocycles. The van der Waals surface area contributed by atoms with Crippen molar-refractivity contribution in [2.45, 2.75) is 18.5 Å². The van der Waals surface area contributed by atoms with Gasteiger partial charge in [-0.3, -0.25) is 14.6 Å². The Morgan fingerprint density at radius 3 is 2.43 bits per heavy atom. The molecule has 1 aromatic heterocycles. The summed E-state index contributed by atoms with van der Waals surface area (Å²) in [4.78, 5) is 30.7. The molecule has 1 aliphatic rings. The predicted octanol–water partition coefficient (Wildman–Crippen LogP) is 4.44. The molecule has 1 saturated heterocycles. The molecule has 3 aromatic rings. The average Bonchev–Trinajstić information content (AvgIpc) is 3.14. The molecule has 7 heteroatoms. The number of nitrogens with zero attached hydrogens (tertiary/aromatic N) is 2. The molecule has 152 valence electrons. The highest BCUT2D eigenvalue weighted by Gasteiger charge is 2.32. The van der Waals surface area contributed by atoms with Crippen LogP contribution in [0.4, 0.5) is 0 Å². The first-order valence-corrected chi connectivity index (χ1v) is 11.0. The number of amides is 2. The zero-order valence-electron chi connectivity index (χ0n) is 16.1. The molecule has 5 nitrogen and oxygen atoms in total. The molecule has 2 amide bonds. The van der Waals surface area contributed by atoms with Crippen molar-refractivity contribution in [3.8, 4) is 0 Å². The van der Waals surface area contributed by atoms with Gasteiger partial charge >= 0.3 is 0 Å². The Bertz CT molecular complexity index is 1030. The summed E-state index contributed by atoms with van der Waals surface area (Å²) < 4.78 is 0. The summed E-state index contributed by atoms with van der Waals surface area (Å²) >= 11 is 7.56. The number of carbonyl (C=O) groups excluding carboxylic acids is 2. The van der Waals surface area contributed by atoms with E-state index in [1.54, 1.807) is 36.3 Å². The van der Waals surface area contributed by atoms with Crippen LogP contribution in [0.5, 0.6) is 0 Å². The van der Waals surface area contributed by atoms with Crippen LogP contribution in [0.1, 0.15) is 32.4 Å². The number of nitrogens with one attached hydrogen (secondary N) is 1. The van der Waals surface area contributed by atoms with Gasteiger partial charge in [0.2, 0.25) is 5.91 Å². The third-order valence-electron chi connectivity index (χ3n) is 4.89. The largest absolute Gasteiger partial charge is 0.348 e. The summed E-state index contributed by atoms with van der Waals surface area (Å²) in [5.41, 5.74) is 3.62. The summed E-state index contributed by atoms with van der Waals surface area (Å²) in [5, 5.41) is 3.52. The maximum atomic E-state index is 12.4. The van der Waals surface area contributed by atoms with Gasteiger partial charge < -0.3 is 10.2 Å². The Hall–Kier alpha value is -2.83. The van der Waals surface area contributed by atoms with Crippen LogP contribution in [0, 0.1) is 0 Å². The Kier molecular flexibility index (Phi) is 6.35. The molecule has 0 bridgehead atoms. The lowest BCUT2D eigenvalue weighted by molar-refractivity contribution is -0.128. The van der Waals surface area contributed by atoms with Crippen molar-refractivity contribution in [1.82, 2.24) is 15.2 Å². The monoisotopic (exact) mass is 437 g/mol. The van der Waals surface area contributed by atoms with Crippen molar-refractivity contribution in [3.05, 3.63) is 100 Å². The van der Waals surface area contributed by atoms with E-state index in [0.717, 1.165) is 16.7 Å². The first-order valence-electron chi connectivity index (χ1n) is 9.53. The van der Waals surface area contributed by atoms with Gasteiger partial charge in [-0.25, -0.2) is 0 Å². The predicted molar refractivity (Wildman–Crippen MR) is 119 cm³/mol. The Morgan fingerprint density at radius 1 is 1.03 bits per heavy atom. The van der Waals surface area contributed by atoms with Gasteiger partial charge in [-0.2, -0.15) is 0 Å². The molecule has 1 aliphatic heterocycles. The quantitative estimate of drug-likeness (QED) is 0.619. The smallest absolute Gasteiger partial charge is 0.251 e. The lowest BCUT2D eigenvalue weighted by Crippen LogP contribution is -2.27. The minimum atomic E-state index is -0.133. The summed E-state index contributed by atoms with van der Waals surface area (Å²) in [5.74, 6) is 0.428. The van der Waals surface area contributed by atoms with Crippen LogP contribution in [-0.4, -0.2) is 27.5 Å². The minimum Gasteiger partial charge on any atom is -0.348 e. The summed E-state index contributed by atoms with van der Waals surface area (Å²) in [6, 6.07) is 18.7. The average molecular weight is 438 g/mol. The van der Waals surface area contributed by atoms with Crippen LogP contribution in [0.25, 0.3) is 0 Å². The van der Waals surface area contributed by atoms with E-state index in [1.165, 1.54) is 0 Å². The highest BCUT2D eigenvalue weighted by Crippen LogP contribution is 2.39. The fourth-order valence-corrected chi connectivity index (χ4v) is 4.59. The molecular formula is C23H20ClN3O2S. The van der Waals surface area contributed by atoms with Gasteiger partial charge in [0, 0.05) is 36.1 Å². The molecular weight excluding hydrogens is 418 g/mol. The van der Waals surface area contributed by atoms with Gasteiger partial charge in [0.1, 0.15) is 5.37 Å². The highest BCUT2D eigenvalue weighted by molar-refractivity contribution is 8.00. The second kappa shape index (κ2) is 9.32. The molecule has 2 heterocycles. The van der Waals surface area contributed by atoms with Gasteiger partial charge in [-0.05, 0) is 53.1 Å². The maximum absolute atomic E-state index is 12.4. The van der Waals surface area contributed by atoms with E-state index >= 15 is 0 Å². The maximum Gasteiger partial charge on any atom is 0.251 e. The van der Waals surface area contributed by atoms with Gasteiger partial charge in [-0.15, -0.1) is 11.8 Å². The highest BCUT2D eigenvalue weighted by atomic mass is 35.5. The third-order valence-corrected chi connectivity index (χ3v) is 6.40. The van der Waals surface area contributed by atoms with Crippen LogP contribution in [-0.2, 0) is 17.9 Å². The van der Waals surface area contributed by atoms with E-state index in [0.29, 0.717) is 29.4 Å². The number of pyridine rings is 1. The van der Waals surface area contributed by atoms with E-state index in [1.807, 2.05) is 53.4 Å². The van der Waals surface area contributed by atoms with Gasteiger partial charge in [0.15, 0.2) is 0 Å². The number of hydrogen-bond acceptors (Lipinski definition) is 4. The van der Waals surface area contributed by atoms with E-state index in [2.05, 4.69) is 10.3 Å². The number of thioether (sulfide) groups is 1. The molecule has 4 rings (SSSR count).